The summed E-state index contributed by atoms with van der Waals surface area (Å²) in [6, 6.07) is 1.18. The Bertz CT molecular complexity index is 795. The molecule has 0 saturated heterocycles. The lowest BCUT2D eigenvalue weighted by molar-refractivity contribution is -0.114. The predicted molar refractivity (Wildman–Crippen MR) is 110 cm³/mol. The lowest BCUT2D eigenvalue weighted by Crippen LogP contribution is -2.22. The van der Waals surface area contributed by atoms with Gasteiger partial charge in [0, 0.05) is 42.0 Å². The Labute approximate surface area is 167 Å². The number of aryl methyl sites for hydroxylation is 1. The molecule has 9 nitrogen and oxygen atoms in total. The maximum atomic E-state index is 11.4. The fourth-order valence-electron chi connectivity index (χ4n) is 1.82. The molecule has 1 rings (SSSR count). The molecule has 0 saturated carbocycles. The zero-order valence-electron chi connectivity index (χ0n) is 17.6. The SMILES string of the molecule is C#Cc1cn(COCC[Si](C)(C)C)c(C)n1.COP(=O)(OC)C(=[N+]=[N-])C(C)=O. The molecule has 0 aliphatic heterocycles. The molecule has 0 spiro atoms. The van der Waals surface area contributed by atoms with Crippen LogP contribution in [0.3, 0.4) is 0 Å². The first-order valence-corrected chi connectivity index (χ1v) is 13.7. The number of ketones is 1. The van der Waals surface area contributed by atoms with Crippen molar-refractivity contribution in [1.82, 2.24) is 9.55 Å². The van der Waals surface area contributed by atoms with Gasteiger partial charge in [-0.15, -0.1) is 6.42 Å². The molecule has 0 aliphatic rings. The van der Waals surface area contributed by atoms with Crippen molar-refractivity contribution in [2.45, 2.75) is 46.3 Å². The molecular formula is C17H29N4O5PSi. The highest BCUT2D eigenvalue weighted by Gasteiger charge is 2.41. The molecule has 0 radical (unpaired) electrons. The van der Waals surface area contributed by atoms with Crippen molar-refractivity contribution in [2.75, 3.05) is 20.8 Å². The van der Waals surface area contributed by atoms with Gasteiger partial charge in [0.2, 0.25) is 5.78 Å². The minimum Gasteiger partial charge on any atom is -0.361 e. The van der Waals surface area contributed by atoms with Crippen molar-refractivity contribution in [3.63, 3.8) is 0 Å². The van der Waals surface area contributed by atoms with Gasteiger partial charge < -0.3 is 23.9 Å². The summed E-state index contributed by atoms with van der Waals surface area (Å²) in [5.74, 6) is 2.76. The summed E-state index contributed by atoms with van der Waals surface area (Å²) in [6.07, 6.45) is 7.13. The van der Waals surface area contributed by atoms with Gasteiger partial charge in [-0.3, -0.25) is 4.79 Å². The highest BCUT2D eigenvalue weighted by molar-refractivity contribution is 7.74. The van der Waals surface area contributed by atoms with Crippen LogP contribution in [0.1, 0.15) is 18.4 Å². The first-order chi connectivity index (χ1) is 12.9. The van der Waals surface area contributed by atoms with Crippen LogP contribution in [0.2, 0.25) is 25.7 Å². The summed E-state index contributed by atoms with van der Waals surface area (Å²) in [5.41, 5.74) is 8.40. The van der Waals surface area contributed by atoms with E-state index in [9.17, 15) is 9.36 Å². The predicted octanol–water partition coefficient (Wildman–Crippen LogP) is 3.17. The van der Waals surface area contributed by atoms with Crippen LogP contribution in [0.4, 0.5) is 0 Å². The quantitative estimate of drug-likeness (QED) is 0.113. The van der Waals surface area contributed by atoms with E-state index in [1.165, 1.54) is 6.04 Å². The van der Waals surface area contributed by atoms with Crippen LogP contribution < -0.4 is 0 Å². The maximum absolute atomic E-state index is 11.4. The Balaban J connectivity index is 0.000000546. The molecule has 1 aromatic rings. The van der Waals surface area contributed by atoms with Crippen molar-refractivity contribution in [1.29, 1.82) is 0 Å². The summed E-state index contributed by atoms with van der Waals surface area (Å²) in [5, 5.41) is 0. The zero-order chi connectivity index (χ0) is 22.0. The fraction of sp³-hybridized carbons (Fsp3) is 0.588. The van der Waals surface area contributed by atoms with Gasteiger partial charge in [-0.05, 0) is 18.9 Å². The number of imidazole rings is 1. The number of rotatable bonds is 9. The van der Waals surface area contributed by atoms with E-state index < -0.39 is 26.9 Å². The molecule has 156 valence electrons. The van der Waals surface area contributed by atoms with E-state index in [1.807, 2.05) is 17.7 Å². The third kappa shape index (κ3) is 8.89. The number of hydrogen-bond donors (Lipinski definition) is 0. The standard InChI is InChI=1S/C12H20N2OSi.C5H9N2O4P/c1-6-12-9-14(11(2)13-12)10-15-7-8-16(3,4)5;1-4(8)5(7-6)12(9,10-2)11-3/h1,9H,7-8,10H2,2-5H3;1-3H3. The van der Waals surface area contributed by atoms with Crippen LogP contribution in [-0.2, 0) is 29.9 Å². The number of nitrogens with zero attached hydrogens (tertiary/aromatic N) is 4. The Morgan fingerprint density at radius 3 is 2.29 bits per heavy atom. The third-order valence-corrected chi connectivity index (χ3v) is 7.09. The van der Waals surface area contributed by atoms with Crippen molar-refractivity contribution in [3.8, 4) is 12.3 Å². The van der Waals surface area contributed by atoms with Crippen molar-refractivity contribution in [2.24, 2.45) is 0 Å². The molecule has 0 unspecified atom stereocenters. The first-order valence-electron chi connectivity index (χ1n) is 8.47. The van der Waals surface area contributed by atoms with Gasteiger partial charge in [-0.2, -0.15) is 4.79 Å². The van der Waals surface area contributed by atoms with Crippen molar-refractivity contribution >= 4 is 26.9 Å². The normalized spacial score (nSPS) is 11.1. The van der Waals surface area contributed by atoms with E-state index >= 15 is 0 Å². The summed E-state index contributed by atoms with van der Waals surface area (Å²) in [7, 11) is -2.50. The van der Waals surface area contributed by atoms with Crippen LogP contribution in [0.15, 0.2) is 6.20 Å². The van der Waals surface area contributed by atoms with Crippen LogP contribution in [0.25, 0.3) is 5.53 Å². The molecule has 0 aromatic carbocycles. The summed E-state index contributed by atoms with van der Waals surface area (Å²) in [6.45, 7) is 11.4. The van der Waals surface area contributed by atoms with E-state index in [2.05, 4.69) is 44.4 Å². The monoisotopic (exact) mass is 428 g/mol. The topological polar surface area (TPSA) is 116 Å². The molecule has 0 aliphatic carbocycles. The molecule has 28 heavy (non-hydrogen) atoms. The first kappa shape index (κ1) is 26.1. The average Bonchev–Trinajstić information content (AvgIpc) is 2.98. The third-order valence-electron chi connectivity index (χ3n) is 3.50. The second-order valence-corrected chi connectivity index (χ2v) is 14.7. The summed E-state index contributed by atoms with van der Waals surface area (Å²) < 4.78 is 27.8. The number of carbonyl (C=O) groups excluding carboxylic acids is 1. The molecule has 1 heterocycles. The lowest BCUT2D eigenvalue weighted by Gasteiger charge is -2.15. The molecule has 0 fully saturated rings. The van der Waals surface area contributed by atoms with E-state index in [4.69, 9.17) is 16.7 Å². The maximum Gasteiger partial charge on any atom is 0.446 e. The van der Waals surface area contributed by atoms with E-state index in [0.29, 0.717) is 12.4 Å². The molecule has 0 N–H and O–H groups in total. The molecule has 0 bridgehead atoms. The average molecular weight is 429 g/mol. The van der Waals surface area contributed by atoms with Crippen LogP contribution >= 0.6 is 7.60 Å². The van der Waals surface area contributed by atoms with E-state index in [0.717, 1.165) is 33.6 Å². The Morgan fingerprint density at radius 2 is 1.96 bits per heavy atom. The molecule has 0 atom stereocenters. The van der Waals surface area contributed by atoms with Gasteiger partial charge in [0.15, 0.2) is 0 Å². The van der Waals surface area contributed by atoms with Gasteiger partial charge >= 0.3 is 13.0 Å². The smallest absolute Gasteiger partial charge is 0.361 e. The molecule has 1 aromatic heterocycles. The minimum absolute atomic E-state index is 0.547. The van der Waals surface area contributed by atoms with Crippen LogP contribution in [0.5, 0.6) is 0 Å². The van der Waals surface area contributed by atoms with E-state index in [-0.39, 0.29) is 0 Å². The summed E-state index contributed by atoms with van der Waals surface area (Å²) >= 11 is 0. The number of ether oxygens (including phenoxy) is 1. The molecule has 0 amide bonds. The fourth-order valence-corrected chi connectivity index (χ4v) is 3.56. The highest BCUT2D eigenvalue weighted by Crippen LogP contribution is 2.47. The van der Waals surface area contributed by atoms with Crippen LogP contribution in [-0.4, -0.2) is 54.5 Å². The number of Topliss-reactive ketones (excluding diaryl/α,β-unsaturated/α-hetero) is 1. The number of aromatic nitrogens is 2. The Morgan fingerprint density at radius 1 is 1.39 bits per heavy atom. The second kappa shape index (κ2) is 11.9. The molecule has 11 heteroatoms. The van der Waals surface area contributed by atoms with Crippen molar-refractivity contribution in [3.05, 3.63) is 23.2 Å². The zero-order valence-corrected chi connectivity index (χ0v) is 19.4. The number of carbonyl (C=O) groups is 1. The highest BCUT2D eigenvalue weighted by atomic mass is 31.2. The Hall–Kier alpha value is -1.85. The van der Waals surface area contributed by atoms with Gasteiger partial charge in [0.25, 0.3) is 0 Å². The van der Waals surface area contributed by atoms with Crippen molar-refractivity contribution < 1.29 is 27.9 Å². The van der Waals surface area contributed by atoms with Gasteiger partial charge in [-0.1, -0.05) is 19.6 Å². The van der Waals surface area contributed by atoms with Gasteiger partial charge in [0.05, 0.1) is 0 Å². The molecular weight excluding hydrogens is 399 g/mol. The number of hydrogen-bond acceptors (Lipinski definition) is 6. The van der Waals surface area contributed by atoms with Crippen LogP contribution in [0, 0.1) is 19.3 Å². The van der Waals surface area contributed by atoms with Gasteiger partial charge in [-0.25, -0.2) is 9.55 Å². The number of terminal acetylenes is 1. The minimum atomic E-state index is -3.70. The Kier molecular flexibility index (Phi) is 11.1. The largest absolute Gasteiger partial charge is 0.446 e. The summed E-state index contributed by atoms with van der Waals surface area (Å²) in [4.78, 5) is 17.5. The lowest BCUT2D eigenvalue weighted by atomic mass is 10.5. The van der Waals surface area contributed by atoms with Gasteiger partial charge in [0.1, 0.15) is 18.2 Å². The van der Waals surface area contributed by atoms with E-state index in [1.54, 1.807) is 0 Å². The second-order valence-electron chi connectivity index (χ2n) is 6.98.